The minimum Gasteiger partial charge on any atom is -0.496 e. The largest absolute Gasteiger partial charge is 0.496 e. The van der Waals surface area contributed by atoms with Gasteiger partial charge < -0.3 is 14.3 Å². The molecule has 0 radical (unpaired) electrons. The molecule has 2 aromatic rings. The number of furan rings is 1. The number of nitrogens with zero attached hydrogens (tertiary/aromatic N) is 2. The van der Waals surface area contributed by atoms with Gasteiger partial charge in [0, 0.05) is 24.8 Å². The SMILES string of the molecule is COc1ccccc1[C@@H]1CC(c2ccco2)=NN1C(=O)CCCC(=O)O. The average molecular weight is 356 g/mol. The fraction of sp³-hybridized carbons (Fsp3) is 0.316. The van der Waals surface area contributed by atoms with Crippen LogP contribution in [0.15, 0.2) is 52.2 Å². The normalized spacial score (nSPS) is 16.4. The zero-order valence-corrected chi connectivity index (χ0v) is 14.4. The Morgan fingerprint density at radius 3 is 2.77 bits per heavy atom. The van der Waals surface area contributed by atoms with Crippen LogP contribution in [0.3, 0.4) is 0 Å². The number of hydrogen-bond donors (Lipinski definition) is 1. The number of carboxylic acids is 1. The Balaban J connectivity index is 1.87. The molecule has 1 aliphatic heterocycles. The molecule has 3 rings (SSSR count). The summed E-state index contributed by atoms with van der Waals surface area (Å²) in [5.41, 5.74) is 1.53. The van der Waals surface area contributed by atoms with E-state index in [0.717, 1.165) is 5.56 Å². The molecule has 1 atom stereocenters. The summed E-state index contributed by atoms with van der Waals surface area (Å²) in [7, 11) is 1.58. The lowest BCUT2D eigenvalue weighted by atomic mass is 9.99. The Morgan fingerprint density at radius 1 is 1.27 bits per heavy atom. The molecule has 0 aliphatic carbocycles. The molecule has 1 aromatic carbocycles. The van der Waals surface area contributed by atoms with Gasteiger partial charge in [-0.2, -0.15) is 5.10 Å². The smallest absolute Gasteiger partial charge is 0.303 e. The first kappa shape index (κ1) is 17.7. The van der Waals surface area contributed by atoms with E-state index in [1.165, 1.54) is 5.01 Å². The van der Waals surface area contributed by atoms with E-state index in [-0.39, 0.29) is 31.2 Å². The van der Waals surface area contributed by atoms with Crippen LogP contribution < -0.4 is 4.74 Å². The summed E-state index contributed by atoms with van der Waals surface area (Å²) < 4.78 is 10.9. The van der Waals surface area contributed by atoms with Crippen LogP contribution in [0.1, 0.15) is 43.0 Å². The van der Waals surface area contributed by atoms with E-state index in [1.807, 2.05) is 24.3 Å². The first-order valence-corrected chi connectivity index (χ1v) is 8.38. The van der Waals surface area contributed by atoms with Crippen molar-refractivity contribution in [2.75, 3.05) is 7.11 Å². The minimum absolute atomic E-state index is 0.0480. The molecular weight excluding hydrogens is 336 g/mol. The molecule has 7 nitrogen and oxygen atoms in total. The maximum Gasteiger partial charge on any atom is 0.303 e. The van der Waals surface area contributed by atoms with Gasteiger partial charge in [-0.3, -0.25) is 9.59 Å². The molecule has 0 spiro atoms. The number of carbonyl (C=O) groups excluding carboxylic acids is 1. The van der Waals surface area contributed by atoms with Crippen molar-refractivity contribution in [3.05, 3.63) is 54.0 Å². The van der Waals surface area contributed by atoms with Crippen LogP contribution in [0.4, 0.5) is 0 Å². The molecule has 0 bridgehead atoms. The highest BCUT2D eigenvalue weighted by molar-refractivity contribution is 6.01. The molecule has 26 heavy (non-hydrogen) atoms. The van der Waals surface area contributed by atoms with E-state index in [1.54, 1.807) is 25.5 Å². The monoisotopic (exact) mass is 356 g/mol. The van der Waals surface area contributed by atoms with Gasteiger partial charge in [-0.05, 0) is 24.6 Å². The van der Waals surface area contributed by atoms with Crippen LogP contribution >= 0.6 is 0 Å². The third-order valence-corrected chi connectivity index (χ3v) is 4.25. The first-order chi connectivity index (χ1) is 12.6. The zero-order chi connectivity index (χ0) is 18.5. The highest BCUT2D eigenvalue weighted by Gasteiger charge is 2.35. The van der Waals surface area contributed by atoms with Gasteiger partial charge in [0.1, 0.15) is 17.2 Å². The van der Waals surface area contributed by atoms with Crippen LogP contribution in [0.5, 0.6) is 5.75 Å². The number of carbonyl (C=O) groups is 2. The standard InChI is InChI=1S/C19H20N2O5/c1-25-16-7-3-2-6-13(16)15-12-14(17-8-5-11-26-17)20-21(15)18(22)9-4-10-19(23)24/h2-3,5-8,11,15H,4,9-10,12H2,1H3,(H,23,24)/t15-/m0/s1. The molecule has 1 amide bonds. The summed E-state index contributed by atoms with van der Waals surface area (Å²) in [6.45, 7) is 0. The molecule has 1 N–H and O–H groups in total. The molecule has 1 aromatic heterocycles. The van der Waals surface area contributed by atoms with Gasteiger partial charge in [0.15, 0.2) is 0 Å². The highest BCUT2D eigenvalue weighted by atomic mass is 16.5. The van der Waals surface area contributed by atoms with Crippen molar-refractivity contribution in [1.82, 2.24) is 5.01 Å². The fourth-order valence-corrected chi connectivity index (χ4v) is 3.02. The van der Waals surface area contributed by atoms with Gasteiger partial charge >= 0.3 is 5.97 Å². The van der Waals surface area contributed by atoms with Gasteiger partial charge in [0.2, 0.25) is 5.91 Å². The summed E-state index contributed by atoms with van der Waals surface area (Å²) >= 11 is 0. The minimum atomic E-state index is -0.916. The number of amides is 1. The summed E-state index contributed by atoms with van der Waals surface area (Å²) in [5.74, 6) is 0.159. The topological polar surface area (TPSA) is 92.3 Å². The van der Waals surface area contributed by atoms with Crippen molar-refractivity contribution in [2.45, 2.75) is 31.7 Å². The third-order valence-electron chi connectivity index (χ3n) is 4.25. The maximum absolute atomic E-state index is 12.7. The van der Waals surface area contributed by atoms with Crippen molar-refractivity contribution in [1.29, 1.82) is 0 Å². The molecule has 0 saturated carbocycles. The Morgan fingerprint density at radius 2 is 2.08 bits per heavy atom. The van der Waals surface area contributed by atoms with Crippen LogP contribution in [0.2, 0.25) is 0 Å². The van der Waals surface area contributed by atoms with Crippen molar-refractivity contribution in [2.24, 2.45) is 5.10 Å². The summed E-state index contributed by atoms with van der Waals surface area (Å²) in [5, 5.41) is 14.7. The predicted octanol–water partition coefficient (Wildman–Crippen LogP) is 3.22. The van der Waals surface area contributed by atoms with Gasteiger partial charge in [-0.15, -0.1) is 0 Å². The maximum atomic E-state index is 12.7. The average Bonchev–Trinajstić information content (AvgIpc) is 3.30. The van der Waals surface area contributed by atoms with Crippen LogP contribution in [0.25, 0.3) is 0 Å². The lowest BCUT2D eigenvalue weighted by molar-refractivity contribution is -0.137. The molecule has 2 heterocycles. The van der Waals surface area contributed by atoms with E-state index in [2.05, 4.69) is 5.10 Å². The van der Waals surface area contributed by atoms with Gasteiger partial charge in [0.05, 0.1) is 19.4 Å². The molecular formula is C19H20N2O5. The number of carboxylic acid groups (broad SMARTS) is 1. The molecule has 0 fully saturated rings. The Labute approximate surface area is 150 Å². The number of aliphatic carboxylic acids is 1. The van der Waals surface area contributed by atoms with E-state index < -0.39 is 5.97 Å². The fourth-order valence-electron chi connectivity index (χ4n) is 3.02. The second kappa shape index (κ2) is 7.86. The lowest BCUT2D eigenvalue weighted by Gasteiger charge is -2.23. The number of rotatable bonds is 7. The summed E-state index contributed by atoms with van der Waals surface area (Å²) in [6.07, 6.45) is 2.40. The zero-order valence-electron chi connectivity index (χ0n) is 14.4. The molecule has 136 valence electrons. The third kappa shape index (κ3) is 3.77. The number of benzene rings is 1. The predicted molar refractivity (Wildman–Crippen MR) is 93.9 cm³/mol. The van der Waals surface area contributed by atoms with Crippen molar-refractivity contribution in [3.63, 3.8) is 0 Å². The first-order valence-electron chi connectivity index (χ1n) is 8.38. The van der Waals surface area contributed by atoms with E-state index in [9.17, 15) is 9.59 Å². The van der Waals surface area contributed by atoms with Gasteiger partial charge in [-0.25, -0.2) is 5.01 Å². The quantitative estimate of drug-likeness (QED) is 0.822. The van der Waals surface area contributed by atoms with Crippen LogP contribution in [-0.4, -0.2) is 34.8 Å². The number of methoxy groups -OCH3 is 1. The summed E-state index contributed by atoms with van der Waals surface area (Å²) in [6, 6.07) is 10.8. The second-order valence-electron chi connectivity index (χ2n) is 5.97. The molecule has 0 saturated heterocycles. The number of para-hydroxylation sites is 1. The molecule has 1 aliphatic rings. The van der Waals surface area contributed by atoms with Crippen LogP contribution in [0, 0.1) is 0 Å². The van der Waals surface area contributed by atoms with Crippen molar-refractivity contribution < 1.29 is 23.8 Å². The molecule has 0 unspecified atom stereocenters. The Hall–Kier alpha value is -3.09. The van der Waals surface area contributed by atoms with Crippen molar-refractivity contribution in [3.8, 4) is 5.75 Å². The van der Waals surface area contributed by atoms with Gasteiger partial charge in [0.25, 0.3) is 0 Å². The summed E-state index contributed by atoms with van der Waals surface area (Å²) in [4.78, 5) is 23.4. The Kier molecular flexibility index (Phi) is 5.36. The van der Waals surface area contributed by atoms with Crippen LogP contribution in [-0.2, 0) is 9.59 Å². The Bertz CT molecular complexity index is 813. The number of hydrogen-bond acceptors (Lipinski definition) is 5. The second-order valence-corrected chi connectivity index (χ2v) is 5.97. The van der Waals surface area contributed by atoms with E-state index in [4.69, 9.17) is 14.3 Å². The van der Waals surface area contributed by atoms with Crippen molar-refractivity contribution >= 4 is 17.6 Å². The van der Waals surface area contributed by atoms with Gasteiger partial charge in [-0.1, -0.05) is 18.2 Å². The lowest BCUT2D eigenvalue weighted by Crippen LogP contribution is -2.27. The number of ether oxygens (including phenoxy) is 1. The highest BCUT2D eigenvalue weighted by Crippen LogP contribution is 2.37. The molecule has 7 heteroatoms. The number of hydrazone groups is 1. The van der Waals surface area contributed by atoms with E-state index >= 15 is 0 Å². The van der Waals surface area contributed by atoms with E-state index in [0.29, 0.717) is 23.6 Å².